The fourth-order valence-corrected chi connectivity index (χ4v) is 7.12. The maximum Gasteiger partial charge on any atom is 0.395 e. The minimum absolute atomic E-state index is 0.0749. The number of hydrogen-bond acceptors (Lipinski definition) is 14. The number of esters is 1. The van der Waals surface area contributed by atoms with E-state index in [0.717, 1.165) is 16.5 Å². The first-order valence-electron chi connectivity index (χ1n) is 15.9. The SMILES string of the molecule is COc1nc(N)nc2c1ncn2C1O[C@H](COc2ccc3ccccc3c2O[P+]([O-])=N[C@@H](C)C(=O)OC2Cc3ccccc3C2)[C@@H](O)[C@@]1(C)O. The Labute approximate surface area is 287 Å². The summed E-state index contributed by atoms with van der Waals surface area (Å²) in [7, 11) is -1.34. The van der Waals surface area contributed by atoms with Crippen LogP contribution in [0.1, 0.15) is 31.2 Å². The monoisotopic (exact) mass is 702 g/mol. The lowest BCUT2D eigenvalue weighted by atomic mass is 9.96. The van der Waals surface area contributed by atoms with E-state index in [2.05, 4.69) is 19.7 Å². The Balaban J connectivity index is 1.08. The highest BCUT2D eigenvalue weighted by atomic mass is 31.1. The van der Waals surface area contributed by atoms with Gasteiger partial charge in [0.05, 0.1) is 13.4 Å². The lowest BCUT2D eigenvalue weighted by Gasteiger charge is -2.27. The van der Waals surface area contributed by atoms with E-state index in [-0.39, 0.29) is 41.7 Å². The van der Waals surface area contributed by atoms with E-state index < -0.39 is 44.2 Å². The van der Waals surface area contributed by atoms with Crippen LogP contribution in [0.15, 0.2) is 71.7 Å². The van der Waals surface area contributed by atoms with Gasteiger partial charge in [-0.1, -0.05) is 59.3 Å². The highest BCUT2D eigenvalue weighted by Crippen LogP contribution is 2.43. The summed E-state index contributed by atoms with van der Waals surface area (Å²) in [5, 5.41) is 23.9. The van der Waals surface area contributed by atoms with Crippen molar-refractivity contribution in [3.05, 3.63) is 78.1 Å². The standard InChI is InChI=1S/C34H35N6O9P/c1-18(31(42)47-22-14-20-9-4-5-10-21(20)15-22)39-50(44)49-27-23-11-7-6-8-19(23)12-13-24(27)46-16-25-28(41)34(2,43)32(48-25)40-17-36-26-29(40)37-33(35)38-30(26)45-3/h4-13,17-18,22,25,28,32,41,43H,14-16H2,1-3H3,(H2,35,37,38)/t18-,25+,28+,32?,34+/m0/s1. The number of aromatic nitrogens is 4. The molecule has 50 heavy (non-hydrogen) atoms. The van der Waals surface area contributed by atoms with Crippen molar-refractivity contribution in [2.24, 2.45) is 4.74 Å². The average Bonchev–Trinajstić information content (AvgIpc) is 3.77. The molecule has 2 unspecified atom stereocenters. The number of methoxy groups -OCH3 is 1. The number of nitrogens with zero attached hydrogens (tertiary/aromatic N) is 5. The van der Waals surface area contributed by atoms with E-state index in [4.69, 9.17) is 29.2 Å². The average molecular weight is 703 g/mol. The van der Waals surface area contributed by atoms with Gasteiger partial charge in [0.2, 0.25) is 17.6 Å². The number of anilines is 1. The van der Waals surface area contributed by atoms with Crippen molar-refractivity contribution in [1.29, 1.82) is 0 Å². The van der Waals surface area contributed by atoms with E-state index >= 15 is 0 Å². The molecule has 16 heteroatoms. The summed E-state index contributed by atoms with van der Waals surface area (Å²) >= 11 is 0. The van der Waals surface area contributed by atoms with Crippen LogP contribution < -0.4 is 24.6 Å². The molecule has 0 radical (unpaired) electrons. The second kappa shape index (κ2) is 13.4. The zero-order valence-corrected chi connectivity index (χ0v) is 28.3. The largest absolute Gasteiger partial charge is 0.575 e. The molecule has 0 saturated carbocycles. The van der Waals surface area contributed by atoms with Gasteiger partial charge in [0.15, 0.2) is 29.2 Å². The van der Waals surface area contributed by atoms with Gasteiger partial charge in [-0.25, -0.2) is 9.78 Å². The van der Waals surface area contributed by atoms with Crippen LogP contribution in [0.5, 0.6) is 17.4 Å². The van der Waals surface area contributed by atoms with Gasteiger partial charge in [0, 0.05) is 18.2 Å². The quantitative estimate of drug-likeness (QED) is 0.141. The molecule has 2 aliphatic rings. The van der Waals surface area contributed by atoms with E-state index in [1.807, 2.05) is 36.4 Å². The first-order valence-corrected chi connectivity index (χ1v) is 17.0. The third-order valence-corrected chi connectivity index (χ3v) is 9.80. The number of carbonyl (C=O) groups is 1. The summed E-state index contributed by atoms with van der Waals surface area (Å²) in [4.78, 5) is 38.7. The third kappa shape index (κ3) is 6.30. The molecule has 6 atom stereocenters. The smallest absolute Gasteiger partial charge is 0.395 e. The number of aliphatic hydroxyl groups excluding tert-OH is 1. The van der Waals surface area contributed by atoms with Crippen LogP contribution in [-0.4, -0.2) is 79.4 Å². The zero-order chi connectivity index (χ0) is 35.2. The van der Waals surface area contributed by atoms with E-state index in [0.29, 0.717) is 23.7 Å². The van der Waals surface area contributed by atoms with Crippen molar-refractivity contribution >= 4 is 42.0 Å². The number of fused-ring (bicyclic) bond motifs is 3. The fraction of sp³-hybridized carbons (Fsp3) is 0.353. The fourth-order valence-electron chi connectivity index (χ4n) is 6.36. The molecule has 1 aliphatic carbocycles. The first-order chi connectivity index (χ1) is 24.0. The minimum Gasteiger partial charge on any atom is -0.575 e. The summed E-state index contributed by atoms with van der Waals surface area (Å²) in [6.07, 6.45) is -1.31. The molecule has 1 saturated heterocycles. The Kier molecular flexibility index (Phi) is 9.01. The highest BCUT2D eigenvalue weighted by molar-refractivity contribution is 7.34. The topological polar surface area (TPSA) is 209 Å². The van der Waals surface area contributed by atoms with E-state index in [1.165, 1.54) is 31.9 Å². The molecule has 4 N–H and O–H groups in total. The molecular formula is C34H35N6O9P. The normalized spacial score (nSPS) is 22.8. The van der Waals surface area contributed by atoms with Crippen LogP contribution in [0.2, 0.25) is 0 Å². The highest BCUT2D eigenvalue weighted by Gasteiger charge is 2.54. The molecular weight excluding hydrogens is 667 g/mol. The molecule has 1 aliphatic heterocycles. The maximum absolute atomic E-state index is 13.2. The Morgan fingerprint density at radius 3 is 2.62 bits per heavy atom. The van der Waals surface area contributed by atoms with Gasteiger partial charge in [0.25, 0.3) is 0 Å². The van der Waals surface area contributed by atoms with Crippen molar-refractivity contribution in [3.63, 3.8) is 0 Å². The second-order valence-electron chi connectivity index (χ2n) is 12.4. The van der Waals surface area contributed by atoms with Crippen molar-refractivity contribution in [2.75, 3.05) is 19.5 Å². The van der Waals surface area contributed by atoms with Gasteiger partial charge in [-0.3, -0.25) is 9.09 Å². The van der Waals surface area contributed by atoms with Crippen molar-refractivity contribution in [3.8, 4) is 17.4 Å². The first kappa shape index (κ1) is 33.6. The summed E-state index contributed by atoms with van der Waals surface area (Å²) in [6.45, 7) is 2.68. The predicted octanol–water partition coefficient (Wildman–Crippen LogP) is 2.99. The van der Waals surface area contributed by atoms with Gasteiger partial charge in [-0.2, -0.15) is 9.97 Å². The summed E-state index contributed by atoms with van der Waals surface area (Å²) < 4.78 is 34.5. The van der Waals surface area contributed by atoms with E-state index in [9.17, 15) is 19.9 Å². The van der Waals surface area contributed by atoms with Crippen LogP contribution in [-0.2, 0) is 27.1 Å². The van der Waals surface area contributed by atoms with Gasteiger partial charge in [-0.15, -0.1) is 0 Å². The Bertz CT molecular complexity index is 2080. The number of hydrogen-bond donors (Lipinski definition) is 3. The summed E-state index contributed by atoms with van der Waals surface area (Å²) in [6, 6.07) is 17.5. The minimum atomic E-state index is -2.75. The Hall–Kier alpha value is -4.92. The van der Waals surface area contributed by atoms with Crippen LogP contribution >= 0.6 is 8.17 Å². The predicted molar refractivity (Wildman–Crippen MR) is 179 cm³/mol. The molecule has 0 bridgehead atoms. The number of nitrogen functional groups attached to an aromatic ring is 1. The lowest BCUT2D eigenvalue weighted by Crippen LogP contribution is -2.44. The molecule has 15 nitrogen and oxygen atoms in total. The molecule has 3 heterocycles. The Morgan fingerprint density at radius 2 is 1.88 bits per heavy atom. The van der Waals surface area contributed by atoms with Crippen LogP contribution in [0.3, 0.4) is 0 Å². The lowest BCUT2D eigenvalue weighted by molar-refractivity contribution is -0.170. The number of benzene rings is 3. The third-order valence-electron chi connectivity index (χ3n) is 8.93. The zero-order valence-electron chi connectivity index (χ0n) is 27.4. The molecule has 0 spiro atoms. The number of ether oxygens (including phenoxy) is 4. The molecule has 7 rings (SSSR count). The van der Waals surface area contributed by atoms with E-state index in [1.54, 1.807) is 24.3 Å². The maximum atomic E-state index is 13.2. The van der Waals surface area contributed by atoms with Gasteiger partial charge in [0.1, 0.15) is 30.5 Å². The van der Waals surface area contributed by atoms with Crippen molar-refractivity contribution < 1.29 is 43.4 Å². The number of rotatable bonds is 10. The summed E-state index contributed by atoms with van der Waals surface area (Å²) in [5.74, 6) is -0.233. The van der Waals surface area contributed by atoms with Crippen molar-refractivity contribution in [1.82, 2.24) is 19.5 Å². The Morgan fingerprint density at radius 1 is 1.16 bits per heavy atom. The molecule has 260 valence electrons. The summed E-state index contributed by atoms with van der Waals surface area (Å²) in [5.41, 5.74) is 6.85. The molecule has 5 aromatic rings. The van der Waals surface area contributed by atoms with Gasteiger partial charge < -0.3 is 39.8 Å². The number of imidazole rings is 1. The molecule has 2 aromatic heterocycles. The van der Waals surface area contributed by atoms with Crippen LogP contribution in [0, 0.1) is 0 Å². The molecule has 1 fully saturated rings. The molecule has 0 amide bonds. The second-order valence-corrected chi connectivity index (χ2v) is 13.3. The number of carbonyl (C=O) groups excluding carboxylic acids is 1. The van der Waals surface area contributed by atoms with Gasteiger partial charge >= 0.3 is 14.1 Å². The van der Waals surface area contributed by atoms with Crippen LogP contribution in [0.4, 0.5) is 5.95 Å². The van der Waals surface area contributed by atoms with Gasteiger partial charge in [-0.05, 0) is 36.4 Å². The van der Waals surface area contributed by atoms with Crippen LogP contribution in [0.25, 0.3) is 21.9 Å². The number of nitrogens with two attached hydrogens (primary N) is 1. The number of aliphatic hydroxyl groups is 2. The van der Waals surface area contributed by atoms with Crippen molar-refractivity contribution in [2.45, 2.75) is 62.9 Å². The molecule has 3 aromatic carbocycles.